The lowest BCUT2D eigenvalue weighted by Crippen LogP contribution is -2.44. The zero-order valence-electron chi connectivity index (χ0n) is 21.8. The van der Waals surface area contributed by atoms with E-state index in [1.807, 2.05) is 30.3 Å². The molecule has 0 spiro atoms. The van der Waals surface area contributed by atoms with Crippen molar-refractivity contribution in [1.82, 2.24) is 15.5 Å². The van der Waals surface area contributed by atoms with Crippen LogP contribution in [0.5, 0.6) is 0 Å². The van der Waals surface area contributed by atoms with Gasteiger partial charge in [-0.1, -0.05) is 60.7 Å². The Kier molecular flexibility index (Phi) is 8.75. The minimum absolute atomic E-state index is 0.132. The van der Waals surface area contributed by atoms with Crippen LogP contribution in [0.4, 0.5) is 16.2 Å². The van der Waals surface area contributed by atoms with Gasteiger partial charge < -0.3 is 30.9 Å². The number of anilines is 2. The number of likely N-dealkylation sites (N-methyl/N-ethyl adjacent to an activating group) is 1. The summed E-state index contributed by atoms with van der Waals surface area (Å²) in [6, 6.07) is 21.3. The van der Waals surface area contributed by atoms with Gasteiger partial charge in [-0.25, -0.2) is 4.79 Å². The number of amides is 5. The topological polar surface area (TPSA) is 148 Å². The number of carboxylic acids is 1. The normalized spacial score (nSPS) is 13.6. The largest absolute Gasteiger partial charge is 0.481 e. The third kappa shape index (κ3) is 7.01. The van der Waals surface area contributed by atoms with Crippen LogP contribution in [0.15, 0.2) is 78.9 Å². The van der Waals surface area contributed by atoms with Crippen LogP contribution in [-0.4, -0.2) is 59.9 Å². The average molecular weight is 544 g/mol. The molecule has 206 valence electrons. The smallest absolute Gasteiger partial charge is 0.319 e. The Hall–Kier alpha value is -5.19. The molecule has 1 heterocycles. The van der Waals surface area contributed by atoms with Crippen LogP contribution in [-0.2, 0) is 20.9 Å². The monoisotopic (exact) mass is 543 g/mol. The first kappa shape index (κ1) is 27.8. The van der Waals surface area contributed by atoms with Crippen LogP contribution >= 0.6 is 0 Å². The van der Waals surface area contributed by atoms with Crippen molar-refractivity contribution in [1.29, 1.82) is 0 Å². The summed E-state index contributed by atoms with van der Waals surface area (Å²) in [5.41, 5.74) is 2.31. The van der Waals surface area contributed by atoms with Crippen molar-refractivity contribution in [3.8, 4) is 0 Å². The number of nitrogens with one attached hydrogen (secondary N) is 3. The molecule has 11 nitrogen and oxygen atoms in total. The van der Waals surface area contributed by atoms with Gasteiger partial charge in [-0.05, 0) is 29.3 Å². The van der Waals surface area contributed by atoms with E-state index < -0.39 is 42.3 Å². The predicted octanol–water partition coefficient (Wildman–Crippen LogP) is 2.76. The van der Waals surface area contributed by atoms with Crippen LogP contribution in [0.25, 0.3) is 0 Å². The van der Waals surface area contributed by atoms with E-state index in [0.29, 0.717) is 23.5 Å². The number of carbonyl (C=O) groups excluding carboxylic acids is 4. The maximum Gasteiger partial charge on any atom is 0.319 e. The second-order valence-electron chi connectivity index (χ2n) is 9.27. The number of carboxylic acid groups (broad SMARTS) is 1. The van der Waals surface area contributed by atoms with E-state index in [0.717, 1.165) is 10.5 Å². The first-order valence-corrected chi connectivity index (χ1v) is 12.6. The number of fused-ring (bicyclic) bond motifs is 1. The first-order valence-electron chi connectivity index (χ1n) is 12.6. The highest BCUT2D eigenvalue weighted by Gasteiger charge is 2.32. The lowest BCUT2D eigenvalue weighted by atomic mass is 10.0. The van der Waals surface area contributed by atoms with Crippen molar-refractivity contribution in [3.05, 3.63) is 95.6 Å². The molecule has 11 heteroatoms. The molecular weight excluding hydrogens is 514 g/mol. The van der Waals surface area contributed by atoms with Gasteiger partial charge in [0.05, 0.1) is 23.7 Å². The van der Waals surface area contributed by atoms with E-state index in [1.165, 1.54) is 18.0 Å². The molecule has 0 fully saturated rings. The highest BCUT2D eigenvalue weighted by molar-refractivity contribution is 6.11. The van der Waals surface area contributed by atoms with E-state index in [2.05, 4.69) is 16.0 Å². The molecule has 1 atom stereocenters. The van der Waals surface area contributed by atoms with Gasteiger partial charge in [0.2, 0.25) is 11.8 Å². The van der Waals surface area contributed by atoms with E-state index in [-0.39, 0.29) is 18.5 Å². The molecule has 40 heavy (non-hydrogen) atoms. The number of carbonyl (C=O) groups is 5. The molecule has 0 radical (unpaired) electrons. The lowest BCUT2D eigenvalue weighted by molar-refractivity contribution is -0.137. The summed E-state index contributed by atoms with van der Waals surface area (Å²) < 4.78 is 0. The van der Waals surface area contributed by atoms with Gasteiger partial charge in [0, 0.05) is 19.3 Å². The summed E-state index contributed by atoms with van der Waals surface area (Å²) in [4.78, 5) is 65.5. The van der Waals surface area contributed by atoms with E-state index in [9.17, 15) is 29.1 Å². The maximum atomic E-state index is 13.5. The Morgan fingerprint density at radius 2 is 1.62 bits per heavy atom. The molecule has 0 aliphatic carbocycles. The van der Waals surface area contributed by atoms with Crippen molar-refractivity contribution in [2.75, 3.05) is 30.4 Å². The summed E-state index contributed by atoms with van der Waals surface area (Å²) >= 11 is 0. The zero-order valence-corrected chi connectivity index (χ0v) is 21.8. The van der Waals surface area contributed by atoms with Crippen molar-refractivity contribution in [2.24, 2.45) is 0 Å². The lowest BCUT2D eigenvalue weighted by Gasteiger charge is -2.22. The summed E-state index contributed by atoms with van der Waals surface area (Å²) in [5.74, 6) is -2.70. The van der Waals surface area contributed by atoms with E-state index in [4.69, 9.17) is 0 Å². The van der Waals surface area contributed by atoms with Crippen molar-refractivity contribution < 1.29 is 29.1 Å². The molecule has 3 aromatic carbocycles. The molecular formula is C29H29N5O6. The van der Waals surface area contributed by atoms with Gasteiger partial charge in [0.15, 0.2) is 0 Å². The summed E-state index contributed by atoms with van der Waals surface area (Å²) in [6.45, 7) is -0.509. The molecule has 3 aromatic rings. The van der Waals surface area contributed by atoms with Crippen LogP contribution in [0.1, 0.15) is 33.9 Å². The summed E-state index contributed by atoms with van der Waals surface area (Å²) in [7, 11) is 1.52. The molecule has 0 saturated heterocycles. The van der Waals surface area contributed by atoms with Gasteiger partial charge in [-0.3, -0.25) is 19.2 Å². The van der Waals surface area contributed by atoms with Crippen molar-refractivity contribution in [3.63, 3.8) is 0 Å². The second kappa shape index (κ2) is 12.6. The number of urea groups is 1. The molecule has 0 aromatic heterocycles. The van der Waals surface area contributed by atoms with Crippen LogP contribution in [0, 0.1) is 0 Å². The molecule has 4 rings (SSSR count). The summed E-state index contributed by atoms with van der Waals surface area (Å²) in [5, 5.41) is 17.4. The van der Waals surface area contributed by atoms with Crippen molar-refractivity contribution in [2.45, 2.75) is 19.0 Å². The number of nitrogens with zero attached hydrogens (tertiary/aromatic N) is 2. The molecule has 0 saturated carbocycles. The Morgan fingerprint density at radius 3 is 2.30 bits per heavy atom. The maximum absolute atomic E-state index is 13.5. The van der Waals surface area contributed by atoms with Gasteiger partial charge >= 0.3 is 12.0 Å². The number of hydrogen-bond acceptors (Lipinski definition) is 5. The Balaban J connectivity index is 1.48. The standard InChI is InChI=1S/C29H29N5O6/c1-33-24-13-12-21(31-29(40)30-16-19-8-4-2-5-9-19)14-22(24)28(39)34(18-26(33)36)17-25(35)32-23(15-27(37)38)20-10-6-3-7-11-20/h2-14,23H,15-18H2,1H3,(H,32,35)(H,37,38)(H2,30,31,40)/t23-/m1/s1. The number of benzene rings is 3. The number of aliphatic carboxylic acids is 1. The zero-order chi connectivity index (χ0) is 28.6. The van der Waals surface area contributed by atoms with Gasteiger partial charge in [-0.15, -0.1) is 0 Å². The number of rotatable bonds is 9. The Morgan fingerprint density at radius 1 is 0.950 bits per heavy atom. The van der Waals surface area contributed by atoms with Crippen LogP contribution in [0.3, 0.4) is 0 Å². The van der Waals surface area contributed by atoms with Crippen LogP contribution in [0.2, 0.25) is 0 Å². The highest BCUT2D eigenvalue weighted by atomic mass is 16.4. The van der Waals surface area contributed by atoms with Crippen LogP contribution < -0.4 is 20.9 Å². The third-order valence-electron chi connectivity index (χ3n) is 6.38. The molecule has 1 aliphatic rings. The Labute approximate surface area is 230 Å². The quantitative estimate of drug-likeness (QED) is 0.326. The molecule has 5 amide bonds. The molecule has 0 unspecified atom stereocenters. The third-order valence-corrected chi connectivity index (χ3v) is 6.38. The van der Waals surface area contributed by atoms with Gasteiger partial charge in [0.1, 0.15) is 13.1 Å². The van der Waals surface area contributed by atoms with E-state index in [1.54, 1.807) is 42.5 Å². The second-order valence-corrected chi connectivity index (χ2v) is 9.27. The van der Waals surface area contributed by atoms with E-state index >= 15 is 0 Å². The fourth-order valence-electron chi connectivity index (χ4n) is 4.33. The molecule has 1 aliphatic heterocycles. The fourth-order valence-corrected chi connectivity index (χ4v) is 4.33. The number of hydrogen-bond donors (Lipinski definition) is 4. The van der Waals surface area contributed by atoms with Crippen molar-refractivity contribution >= 4 is 41.1 Å². The minimum atomic E-state index is -1.10. The fraction of sp³-hybridized carbons (Fsp3) is 0.207. The summed E-state index contributed by atoms with van der Waals surface area (Å²) in [6.07, 6.45) is -0.352. The molecule has 4 N–H and O–H groups in total. The first-order chi connectivity index (χ1) is 19.2. The van der Waals surface area contributed by atoms with Gasteiger partial charge in [0.25, 0.3) is 5.91 Å². The highest BCUT2D eigenvalue weighted by Crippen LogP contribution is 2.28. The Bertz CT molecular complexity index is 1410. The average Bonchev–Trinajstić information content (AvgIpc) is 3.02. The minimum Gasteiger partial charge on any atom is -0.481 e. The molecule has 0 bridgehead atoms. The predicted molar refractivity (Wildman–Crippen MR) is 148 cm³/mol. The SMILES string of the molecule is CN1C(=O)CN(CC(=O)N[C@H](CC(=O)O)c2ccccc2)C(=O)c2cc(NC(=O)NCc3ccccc3)ccc21. The van der Waals surface area contributed by atoms with Gasteiger partial charge in [-0.2, -0.15) is 0 Å².